The maximum Gasteiger partial charge on any atom is 0.389 e. The number of benzene rings is 2. The van der Waals surface area contributed by atoms with Crippen LogP contribution < -0.4 is 0 Å². The summed E-state index contributed by atoms with van der Waals surface area (Å²) in [7, 11) is 0. The highest BCUT2D eigenvalue weighted by atomic mass is 19.4. The molecule has 0 fully saturated rings. The topological polar surface area (TPSA) is 132 Å². The molecule has 2 atom stereocenters. The van der Waals surface area contributed by atoms with E-state index in [-0.39, 0.29) is 24.6 Å². The number of carboxylic acids is 2. The van der Waals surface area contributed by atoms with E-state index in [9.17, 15) is 27.9 Å². The molecule has 2 aromatic carbocycles. The molecule has 216 valence electrons. The zero-order chi connectivity index (χ0) is 29.6. The summed E-state index contributed by atoms with van der Waals surface area (Å²) in [6, 6.07) is 15.4. The van der Waals surface area contributed by atoms with Gasteiger partial charge in [0.1, 0.15) is 11.6 Å². The van der Waals surface area contributed by atoms with Gasteiger partial charge in [0.15, 0.2) is 0 Å². The van der Waals surface area contributed by atoms with Crippen LogP contribution in [0.25, 0.3) is 33.6 Å². The van der Waals surface area contributed by atoms with Gasteiger partial charge in [-0.3, -0.25) is 9.59 Å². The number of nitrogens with one attached hydrogen (secondary N) is 2. The number of nitrogens with zero attached hydrogens (tertiary/aromatic N) is 2. The van der Waals surface area contributed by atoms with E-state index in [2.05, 4.69) is 19.9 Å². The Kier molecular flexibility index (Phi) is 9.26. The summed E-state index contributed by atoms with van der Waals surface area (Å²) in [5, 5.41) is 18.4. The molecule has 0 saturated heterocycles. The van der Waals surface area contributed by atoms with Crippen molar-refractivity contribution >= 4 is 11.9 Å². The van der Waals surface area contributed by atoms with E-state index in [1.165, 1.54) is 6.20 Å². The molecule has 0 aliphatic heterocycles. The maximum atomic E-state index is 12.7. The van der Waals surface area contributed by atoms with Crippen LogP contribution in [0, 0.1) is 0 Å². The van der Waals surface area contributed by atoms with Crippen LogP contribution in [-0.4, -0.2) is 48.3 Å². The Bertz CT molecular complexity index is 1460. The van der Waals surface area contributed by atoms with Crippen molar-refractivity contribution in [2.45, 2.75) is 63.5 Å². The highest BCUT2D eigenvalue weighted by Gasteiger charge is 2.30. The normalized spacial score (nSPS) is 13.2. The van der Waals surface area contributed by atoms with E-state index in [0.29, 0.717) is 11.5 Å². The Morgan fingerprint density at radius 1 is 0.732 bits per heavy atom. The number of hydrogen-bond donors (Lipinski definition) is 4. The van der Waals surface area contributed by atoms with E-state index in [1.54, 1.807) is 6.20 Å². The maximum absolute atomic E-state index is 12.7. The fourth-order valence-electron chi connectivity index (χ4n) is 4.84. The van der Waals surface area contributed by atoms with E-state index in [4.69, 9.17) is 5.11 Å². The Hall–Kier alpha value is -4.41. The van der Waals surface area contributed by atoms with Crippen LogP contribution >= 0.6 is 0 Å². The molecule has 0 unspecified atom stereocenters. The summed E-state index contributed by atoms with van der Waals surface area (Å²) < 4.78 is 38.2. The smallest absolute Gasteiger partial charge is 0.389 e. The van der Waals surface area contributed by atoms with E-state index >= 15 is 0 Å². The van der Waals surface area contributed by atoms with Gasteiger partial charge in [-0.2, -0.15) is 13.2 Å². The zero-order valence-electron chi connectivity index (χ0n) is 22.4. The molecule has 0 aliphatic carbocycles. The molecule has 0 radical (unpaired) electrons. The fourth-order valence-corrected chi connectivity index (χ4v) is 4.84. The first kappa shape index (κ1) is 29.6. The molecular weight excluding hydrogens is 537 g/mol. The van der Waals surface area contributed by atoms with Gasteiger partial charge in [-0.1, -0.05) is 61.9 Å². The second-order valence-electron chi connectivity index (χ2n) is 10.1. The van der Waals surface area contributed by atoms with Crippen molar-refractivity contribution in [2.75, 3.05) is 0 Å². The van der Waals surface area contributed by atoms with Crippen LogP contribution in [0.2, 0.25) is 0 Å². The molecule has 4 N–H and O–H groups in total. The average Bonchev–Trinajstić information content (AvgIpc) is 3.61. The lowest BCUT2D eigenvalue weighted by Gasteiger charge is -2.13. The van der Waals surface area contributed by atoms with Gasteiger partial charge in [-0.15, -0.1) is 0 Å². The van der Waals surface area contributed by atoms with Crippen molar-refractivity contribution in [2.24, 2.45) is 0 Å². The number of halogens is 3. The first-order valence-electron chi connectivity index (χ1n) is 13.3. The molecule has 2 heterocycles. The van der Waals surface area contributed by atoms with Gasteiger partial charge in [0, 0.05) is 18.3 Å². The van der Waals surface area contributed by atoms with Crippen LogP contribution in [0.4, 0.5) is 13.2 Å². The van der Waals surface area contributed by atoms with Crippen molar-refractivity contribution in [3.63, 3.8) is 0 Å². The number of aromatic amines is 2. The Labute approximate surface area is 234 Å². The van der Waals surface area contributed by atoms with Gasteiger partial charge in [-0.25, -0.2) is 9.97 Å². The summed E-state index contributed by atoms with van der Waals surface area (Å²) in [5.74, 6) is -2.19. The number of imidazole rings is 2. The van der Waals surface area contributed by atoms with Crippen LogP contribution in [0.5, 0.6) is 0 Å². The lowest BCUT2D eigenvalue weighted by Crippen LogP contribution is -2.13. The lowest BCUT2D eigenvalue weighted by atomic mass is 9.98. The Morgan fingerprint density at radius 3 is 1.49 bits per heavy atom. The van der Waals surface area contributed by atoms with Crippen molar-refractivity contribution in [1.29, 1.82) is 0 Å². The molecule has 8 nitrogen and oxygen atoms in total. The van der Waals surface area contributed by atoms with E-state index < -0.39 is 36.9 Å². The minimum Gasteiger partial charge on any atom is -0.481 e. The number of hydrogen-bond acceptors (Lipinski definition) is 4. The molecule has 0 amide bonds. The van der Waals surface area contributed by atoms with E-state index in [0.717, 1.165) is 40.8 Å². The molecule has 4 rings (SSSR count). The minimum absolute atomic E-state index is 0.0244. The first-order valence-corrected chi connectivity index (χ1v) is 13.3. The predicted molar refractivity (Wildman–Crippen MR) is 147 cm³/mol. The average molecular weight is 569 g/mol. The molecule has 4 aromatic rings. The highest BCUT2D eigenvalue weighted by molar-refractivity contribution is 5.72. The van der Waals surface area contributed by atoms with Gasteiger partial charge in [0.2, 0.25) is 0 Å². The summed E-state index contributed by atoms with van der Waals surface area (Å²) in [6.07, 6.45) is -1.43. The first-order chi connectivity index (χ1) is 19.5. The number of aliphatic carboxylic acids is 2. The van der Waals surface area contributed by atoms with E-state index in [1.807, 2.05) is 55.5 Å². The number of carboxylic acid groups (broad SMARTS) is 2. The van der Waals surface area contributed by atoms with Crippen molar-refractivity contribution in [3.05, 3.63) is 72.6 Å². The van der Waals surface area contributed by atoms with Gasteiger partial charge in [0.05, 0.1) is 36.6 Å². The predicted octanol–water partition coefficient (Wildman–Crippen LogP) is 7.39. The Morgan fingerprint density at radius 2 is 1.12 bits per heavy atom. The molecule has 0 spiro atoms. The Balaban J connectivity index is 1.46. The summed E-state index contributed by atoms with van der Waals surface area (Å²) in [6.45, 7) is 2.01. The standard InChI is InChI=1S/C30H31F3N4O4/c1-2-3-22(14-26(38)39)28-34-16-24(36-28)20-8-4-18(5-9-20)19-6-10-21(11-7-19)25-17-35-29(37-25)23(15-27(40)41)12-13-30(31,32)33/h4-11,16-17,22-23H,2-3,12-15H2,1H3,(H,34,36)(H,35,37)(H,38,39)(H,40,41)/t22-,23-/m1/s1. The second kappa shape index (κ2) is 12.8. The van der Waals surface area contributed by atoms with Crippen molar-refractivity contribution in [1.82, 2.24) is 19.9 Å². The van der Waals surface area contributed by atoms with Gasteiger partial charge in [-0.05, 0) is 35.1 Å². The number of carbonyl (C=O) groups is 2. The third kappa shape index (κ3) is 8.06. The number of rotatable bonds is 13. The molecule has 0 aliphatic rings. The van der Waals surface area contributed by atoms with Crippen molar-refractivity contribution in [3.8, 4) is 33.6 Å². The fraction of sp³-hybridized carbons (Fsp3) is 0.333. The van der Waals surface area contributed by atoms with Gasteiger partial charge in [0.25, 0.3) is 0 Å². The second-order valence-corrected chi connectivity index (χ2v) is 10.1. The van der Waals surface area contributed by atoms with Crippen LogP contribution in [0.15, 0.2) is 60.9 Å². The van der Waals surface area contributed by atoms with Crippen molar-refractivity contribution < 1.29 is 33.0 Å². The molecule has 0 bridgehead atoms. The third-order valence-electron chi connectivity index (χ3n) is 6.94. The molecular formula is C30H31F3N4O4. The number of aromatic nitrogens is 4. The SMILES string of the molecule is CCC[C@H](CC(=O)O)c1ncc(-c2ccc(-c3ccc(-c4cnc([C@H](CCC(F)(F)F)CC(=O)O)[nH]4)cc3)cc2)[nH]1. The molecule has 0 saturated carbocycles. The third-order valence-corrected chi connectivity index (χ3v) is 6.94. The quantitative estimate of drug-likeness (QED) is 0.133. The molecule has 41 heavy (non-hydrogen) atoms. The van der Waals surface area contributed by atoms with Crippen LogP contribution in [0.1, 0.15) is 68.9 Å². The monoisotopic (exact) mass is 568 g/mol. The lowest BCUT2D eigenvalue weighted by molar-refractivity contribution is -0.142. The number of H-pyrrole nitrogens is 2. The number of alkyl halides is 3. The molecule has 11 heteroatoms. The van der Waals surface area contributed by atoms with Gasteiger partial charge < -0.3 is 20.2 Å². The highest BCUT2D eigenvalue weighted by Crippen LogP contribution is 2.32. The summed E-state index contributed by atoms with van der Waals surface area (Å²) in [4.78, 5) is 37.3. The largest absolute Gasteiger partial charge is 0.481 e. The minimum atomic E-state index is -4.37. The van der Waals surface area contributed by atoms with Crippen LogP contribution in [0.3, 0.4) is 0 Å². The van der Waals surface area contributed by atoms with Gasteiger partial charge >= 0.3 is 18.1 Å². The summed E-state index contributed by atoms with van der Waals surface area (Å²) in [5.41, 5.74) is 4.99. The van der Waals surface area contributed by atoms with Crippen LogP contribution in [-0.2, 0) is 9.59 Å². The molecule has 2 aromatic heterocycles. The zero-order valence-corrected chi connectivity index (χ0v) is 22.4. The summed E-state index contributed by atoms with van der Waals surface area (Å²) >= 11 is 0.